The number of Topliss-reactive ketones (excluding diaryl/α,β-unsaturated/α-hetero) is 1. The van der Waals surface area contributed by atoms with Crippen molar-refractivity contribution < 1.29 is 14.3 Å². The van der Waals surface area contributed by atoms with Crippen molar-refractivity contribution in [3.63, 3.8) is 0 Å². The van der Waals surface area contributed by atoms with Gasteiger partial charge in [-0.15, -0.1) is 24.2 Å². The smallest absolute Gasteiger partial charge is 0.163 e. The van der Waals surface area contributed by atoms with Gasteiger partial charge >= 0.3 is 0 Å². The largest absolute Gasteiger partial charge is 0.496 e. The summed E-state index contributed by atoms with van der Waals surface area (Å²) in [5, 5.41) is 7.42. The molecule has 7 heteroatoms. The number of methoxy groups -OCH3 is 1. The lowest BCUT2D eigenvalue weighted by molar-refractivity contribution is 0.101. The molecule has 0 aliphatic heterocycles. The number of amidine groups is 1. The van der Waals surface area contributed by atoms with Gasteiger partial charge in [0.25, 0.3) is 0 Å². The van der Waals surface area contributed by atoms with Gasteiger partial charge in [0.15, 0.2) is 5.78 Å². The number of carbonyl (C=O) groups excluding carboxylic acids is 1. The van der Waals surface area contributed by atoms with Gasteiger partial charge in [0.1, 0.15) is 17.3 Å². The first-order chi connectivity index (χ1) is 14.0. The van der Waals surface area contributed by atoms with Gasteiger partial charge in [-0.3, -0.25) is 10.2 Å². The van der Waals surface area contributed by atoms with Gasteiger partial charge < -0.3 is 15.2 Å². The van der Waals surface area contributed by atoms with Crippen LogP contribution in [0.3, 0.4) is 0 Å². The molecule has 0 saturated heterocycles. The van der Waals surface area contributed by atoms with E-state index >= 15 is 0 Å². The fourth-order valence-electron chi connectivity index (χ4n) is 3.05. The molecule has 0 saturated carbocycles. The maximum absolute atomic E-state index is 11.9. The number of ether oxygens (including phenoxy) is 2. The predicted molar refractivity (Wildman–Crippen MR) is 127 cm³/mol. The molecule has 0 amide bonds. The highest BCUT2D eigenvalue weighted by molar-refractivity contribution is 7.99. The summed E-state index contributed by atoms with van der Waals surface area (Å²) in [5.41, 5.74) is 7.80. The average molecular weight is 451 g/mol. The zero-order valence-electron chi connectivity index (χ0n) is 17.8. The highest BCUT2D eigenvalue weighted by Gasteiger charge is 2.17. The summed E-state index contributed by atoms with van der Waals surface area (Å²) in [6.45, 7) is 4.28. The summed E-state index contributed by atoms with van der Waals surface area (Å²) in [4.78, 5) is 13.0. The molecule has 0 aliphatic carbocycles. The van der Waals surface area contributed by atoms with Crippen LogP contribution in [0.1, 0.15) is 54.6 Å². The van der Waals surface area contributed by atoms with Gasteiger partial charge in [0, 0.05) is 16.0 Å². The molecule has 0 bridgehead atoms. The molecule has 30 heavy (non-hydrogen) atoms. The second kappa shape index (κ2) is 13.2. The molecule has 2 rings (SSSR count). The molecule has 3 N–H and O–H groups in total. The predicted octanol–water partition coefficient (Wildman–Crippen LogP) is 5.51. The number of hydrogen-bond acceptors (Lipinski definition) is 5. The summed E-state index contributed by atoms with van der Waals surface area (Å²) in [5.74, 6) is 2.53. The number of hydrogen-bond donors (Lipinski definition) is 2. The third-order valence-corrected chi connectivity index (χ3v) is 5.63. The zero-order chi connectivity index (χ0) is 21.2. The minimum Gasteiger partial charge on any atom is -0.496 e. The average Bonchev–Trinajstić information content (AvgIpc) is 2.71. The Morgan fingerprint density at radius 2 is 1.83 bits per heavy atom. The number of rotatable bonds is 12. The molecule has 0 radical (unpaired) electrons. The first-order valence-corrected chi connectivity index (χ1v) is 10.9. The van der Waals surface area contributed by atoms with E-state index in [1.807, 2.05) is 30.3 Å². The standard InChI is InChI=1S/C23H30N2O3S.ClH/c1-4-7-20-21(13-12-19(16(2)26)22(20)27-3)28-14-5-6-15-29-18-10-8-17(9-11-18)23(24)25;/h8-13H,4-7,14-15H2,1-3H3,(H3,24,25);1H. The Kier molecular flexibility index (Phi) is 11.4. The Bertz CT molecular complexity index is 841. The van der Waals surface area contributed by atoms with E-state index in [0.717, 1.165) is 48.3 Å². The van der Waals surface area contributed by atoms with Crippen LogP contribution >= 0.6 is 24.2 Å². The summed E-state index contributed by atoms with van der Waals surface area (Å²) >= 11 is 1.79. The van der Waals surface area contributed by atoms with Crippen LogP contribution in [-0.2, 0) is 6.42 Å². The van der Waals surface area contributed by atoms with Crippen LogP contribution in [0.15, 0.2) is 41.3 Å². The normalized spacial score (nSPS) is 10.2. The monoisotopic (exact) mass is 450 g/mol. The third-order valence-electron chi connectivity index (χ3n) is 4.53. The quantitative estimate of drug-likeness (QED) is 0.146. The number of benzene rings is 2. The lowest BCUT2D eigenvalue weighted by Gasteiger charge is -2.17. The molecule has 0 unspecified atom stereocenters. The van der Waals surface area contributed by atoms with Crippen LogP contribution in [-0.4, -0.2) is 31.1 Å². The molecular formula is C23H31ClN2O3S. The van der Waals surface area contributed by atoms with Crippen molar-refractivity contribution in [3.8, 4) is 11.5 Å². The molecule has 0 atom stereocenters. The molecule has 0 aromatic heterocycles. The molecular weight excluding hydrogens is 420 g/mol. The van der Waals surface area contributed by atoms with Crippen LogP contribution in [0.5, 0.6) is 11.5 Å². The van der Waals surface area contributed by atoms with E-state index < -0.39 is 0 Å². The lowest BCUT2D eigenvalue weighted by atomic mass is 10.0. The summed E-state index contributed by atoms with van der Waals surface area (Å²) in [6, 6.07) is 11.4. The third kappa shape index (κ3) is 7.26. The lowest BCUT2D eigenvalue weighted by Crippen LogP contribution is -2.10. The Hall–Kier alpha value is -2.18. The van der Waals surface area contributed by atoms with Crippen molar-refractivity contribution in [3.05, 3.63) is 53.1 Å². The molecule has 0 aliphatic rings. The van der Waals surface area contributed by atoms with E-state index in [9.17, 15) is 4.79 Å². The molecule has 0 spiro atoms. The first-order valence-electron chi connectivity index (χ1n) is 9.88. The summed E-state index contributed by atoms with van der Waals surface area (Å²) in [6.07, 6.45) is 3.74. The molecule has 0 fully saturated rings. The van der Waals surface area contributed by atoms with Gasteiger partial charge in [-0.05, 0) is 56.2 Å². The van der Waals surface area contributed by atoms with E-state index in [2.05, 4.69) is 6.92 Å². The number of carbonyl (C=O) groups is 1. The number of unbranched alkanes of at least 4 members (excludes halogenated alkanes) is 1. The van der Waals surface area contributed by atoms with Crippen molar-refractivity contribution >= 4 is 35.8 Å². The van der Waals surface area contributed by atoms with Gasteiger partial charge in [-0.25, -0.2) is 0 Å². The van der Waals surface area contributed by atoms with Gasteiger partial charge in [0.2, 0.25) is 0 Å². The molecule has 164 valence electrons. The van der Waals surface area contributed by atoms with Gasteiger partial charge in [-0.2, -0.15) is 0 Å². The zero-order valence-corrected chi connectivity index (χ0v) is 19.5. The SMILES string of the molecule is CCCc1c(OCCCCSc2ccc(C(=N)N)cc2)ccc(C(C)=O)c1OC.Cl. The minimum absolute atomic E-state index is 0. The van der Waals surface area contributed by atoms with E-state index in [1.54, 1.807) is 31.9 Å². The van der Waals surface area contributed by atoms with E-state index in [4.69, 9.17) is 20.6 Å². The number of nitrogens with two attached hydrogens (primary N) is 1. The van der Waals surface area contributed by atoms with Crippen LogP contribution in [0, 0.1) is 5.41 Å². The fourth-order valence-corrected chi connectivity index (χ4v) is 3.96. The molecule has 5 nitrogen and oxygen atoms in total. The topological polar surface area (TPSA) is 85.4 Å². The Morgan fingerprint density at radius 1 is 1.13 bits per heavy atom. The van der Waals surface area contributed by atoms with Crippen LogP contribution < -0.4 is 15.2 Å². The molecule has 2 aromatic rings. The number of nitrogen functional groups attached to an aromatic ring is 1. The maximum Gasteiger partial charge on any atom is 0.163 e. The number of halogens is 1. The van der Waals surface area contributed by atoms with Gasteiger partial charge in [-0.1, -0.05) is 25.5 Å². The van der Waals surface area contributed by atoms with Crippen molar-refractivity contribution in [1.82, 2.24) is 0 Å². The van der Waals surface area contributed by atoms with E-state index in [0.29, 0.717) is 17.9 Å². The second-order valence-corrected chi connectivity index (χ2v) is 7.94. The summed E-state index contributed by atoms with van der Waals surface area (Å²) < 4.78 is 11.5. The summed E-state index contributed by atoms with van der Waals surface area (Å²) in [7, 11) is 1.60. The van der Waals surface area contributed by atoms with Crippen molar-refractivity contribution in [2.24, 2.45) is 5.73 Å². The highest BCUT2D eigenvalue weighted by atomic mass is 35.5. The van der Waals surface area contributed by atoms with Crippen LogP contribution in [0.4, 0.5) is 0 Å². The second-order valence-electron chi connectivity index (χ2n) is 6.77. The number of nitrogens with one attached hydrogen (secondary N) is 1. The van der Waals surface area contributed by atoms with Crippen molar-refractivity contribution in [2.75, 3.05) is 19.5 Å². The van der Waals surface area contributed by atoms with Crippen molar-refractivity contribution in [1.29, 1.82) is 5.41 Å². The Morgan fingerprint density at radius 3 is 2.40 bits per heavy atom. The maximum atomic E-state index is 11.9. The first kappa shape index (κ1) is 25.9. The Balaban J connectivity index is 0.00000450. The van der Waals surface area contributed by atoms with Crippen LogP contribution in [0.25, 0.3) is 0 Å². The van der Waals surface area contributed by atoms with Crippen molar-refractivity contribution in [2.45, 2.75) is 44.4 Å². The fraction of sp³-hybridized carbons (Fsp3) is 0.391. The molecule has 2 aromatic carbocycles. The van der Waals surface area contributed by atoms with E-state index in [1.165, 1.54) is 4.90 Å². The van der Waals surface area contributed by atoms with E-state index in [-0.39, 0.29) is 24.0 Å². The number of thioether (sulfide) groups is 1. The Labute approximate surface area is 189 Å². The molecule has 0 heterocycles. The number of ketones is 1. The van der Waals surface area contributed by atoms with Crippen LogP contribution in [0.2, 0.25) is 0 Å². The van der Waals surface area contributed by atoms with Gasteiger partial charge in [0.05, 0.1) is 19.3 Å². The highest BCUT2D eigenvalue weighted by Crippen LogP contribution is 2.34. The minimum atomic E-state index is -0.000821.